The molecular formula is C23H24N2O5. The topological polar surface area (TPSA) is 84.9 Å². The van der Waals surface area contributed by atoms with Crippen molar-refractivity contribution < 1.29 is 23.9 Å². The molecule has 1 saturated heterocycles. The number of benzene rings is 2. The van der Waals surface area contributed by atoms with Crippen LogP contribution in [0.1, 0.15) is 42.5 Å². The van der Waals surface area contributed by atoms with E-state index in [1.54, 1.807) is 41.3 Å². The standard InChI is InChI=1S/C23H24N2O5/c26-19(16-7-9-20-21(14-16)30-13-3-12-29-20)8-10-22(27)24-17-4-1-5-18(15-17)25-11-2-6-23(25)28/h1,4-5,7,9,14-15H,2-3,6,8,10-13H2,(H,24,27). The highest BCUT2D eigenvalue weighted by Gasteiger charge is 2.22. The van der Waals surface area contributed by atoms with Gasteiger partial charge in [-0.3, -0.25) is 14.4 Å². The second kappa shape index (κ2) is 8.98. The number of amides is 2. The number of ether oxygens (including phenoxy) is 2. The van der Waals surface area contributed by atoms with Gasteiger partial charge in [0.25, 0.3) is 0 Å². The van der Waals surface area contributed by atoms with Crippen LogP contribution in [0.2, 0.25) is 0 Å². The molecule has 0 spiro atoms. The molecule has 2 amide bonds. The summed E-state index contributed by atoms with van der Waals surface area (Å²) in [6, 6.07) is 12.3. The minimum Gasteiger partial charge on any atom is -0.490 e. The zero-order valence-electron chi connectivity index (χ0n) is 16.7. The summed E-state index contributed by atoms with van der Waals surface area (Å²) in [5.74, 6) is 0.924. The van der Waals surface area contributed by atoms with E-state index in [9.17, 15) is 14.4 Å². The highest BCUT2D eigenvalue weighted by molar-refractivity contribution is 6.01. The van der Waals surface area contributed by atoms with Gasteiger partial charge >= 0.3 is 0 Å². The lowest BCUT2D eigenvalue weighted by atomic mass is 10.1. The molecule has 156 valence electrons. The minimum absolute atomic E-state index is 0.0696. The molecule has 2 aromatic carbocycles. The summed E-state index contributed by atoms with van der Waals surface area (Å²) >= 11 is 0. The zero-order valence-corrected chi connectivity index (χ0v) is 16.7. The second-order valence-corrected chi connectivity index (χ2v) is 7.38. The summed E-state index contributed by atoms with van der Waals surface area (Å²) in [4.78, 5) is 38.5. The Balaban J connectivity index is 1.33. The van der Waals surface area contributed by atoms with Crippen LogP contribution in [0.5, 0.6) is 11.5 Å². The summed E-state index contributed by atoms with van der Waals surface area (Å²) in [5.41, 5.74) is 1.89. The number of carbonyl (C=O) groups excluding carboxylic acids is 3. The number of fused-ring (bicyclic) bond motifs is 1. The third kappa shape index (κ3) is 4.62. The van der Waals surface area contributed by atoms with Crippen molar-refractivity contribution in [3.8, 4) is 11.5 Å². The summed E-state index contributed by atoms with van der Waals surface area (Å²) < 4.78 is 11.2. The molecule has 30 heavy (non-hydrogen) atoms. The molecule has 0 saturated carbocycles. The molecule has 0 atom stereocenters. The van der Waals surface area contributed by atoms with Crippen molar-refractivity contribution in [2.24, 2.45) is 0 Å². The number of hydrogen-bond acceptors (Lipinski definition) is 5. The lowest BCUT2D eigenvalue weighted by molar-refractivity contribution is -0.117. The van der Waals surface area contributed by atoms with Gasteiger partial charge in [0.1, 0.15) is 0 Å². The Hall–Kier alpha value is -3.35. The van der Waals surface area contributed by atoms with Crippen molar-refractivity contribution in [1.29, 1.82) is 0 Å². The van der Waals surface area contributed by atoms with Crippen molar-refractivity contribution in [1.82, 2.24) is 0 Å². The van der Waals surface area contributed by atoms with Gasteiger partial charge in [-0.1, -0.05) is 6.07 Å². The van der Waals surface area contributed by atoms with Gasteiger partial charge in [-0.2, -0.15) is 0 Å². The summed E-state index contributed by atoms with van der Waals surface area (Å²) in [5, 5.41) is 2.81. The number of nitrogens with one attached hydrogen (secondary N) is 1. The van der Waals surface area contributed by atoms with Gasteiger partial charge in [-0.15, -0.1) is 0 Å². The van der Waals surface area contributed by atoms with Gasteiger partial charge in [0.15, 0.2) is 17.3 Å². The predicted octanol–water partition coefficient (Wildman–Crippen LogP) is 3.58. The molecule has 0 unspecified atom stereocenters. The lowest BCUT2D eigenvalue weighted by Crippen LogP contribution is -2.23. The van der Waals surface area contributed by atoms with Crippen molar-refractivity contribution in [2.75, 3.05) is 30.0 Å². The first-order valence-electron chi connectivity index (χ1n) is 10.2. The molecular weight excluding hydrogens is 384 g/mol. The van der Waals surface area contributed by atoms with Gasteiger partial charge in [0.2, 0.25) is 11.8 Å². The highest BCUT2D eigenvalue weighted by Crippen LogP contribution is 2.31. The van der Waals surface area contributed by atoms with E-state index in [0.717, 1.165) is 18.5 Å². The van der Waals surface area contributed by atoms with E-state index in [4.69, 9.17) is 9.47 Å². The monoisotopic (exact) mass is 408 g/mol. The Morgan fingerprint density at radius 3 is 2.60 bits per heavy atom. The van der Waals surface area contributed by atoms with Gasteiger partial charge < -0.3 is 19.7 Å². The Labute approximate surface area is 175 Å². The molecule has 0 aliphatic carbocycles. The fourth-order valence-corrected chi connectivity index (χ4v) is 3.60. The van der Waals surface area contributed by atoms with Crippen LogP contribution in [-0.2, 0) is 9.59 Å². The fourth-order valence-electron chi connectivity index (χ4n) is 3.60. The van der Waals surface area contributed by atoms with Crippen molar-refractivity contribution in [3.05, 3.63) is 48.0 Å². The minimum atomic E-state index is -0.248. The molecule has 0 aromatic heterocycles. The number of rotatable bonds is 6. The SMILES string of the molecule is O=C(CCC(=O)c1ccc2c(c1)OCCCO2)Nc1cccc(N2CCCC2=O)c1. The molecule has 7 nitrogen and oxygen atoms in total. The average molecular weight is 408 g/mol. The molecule has 1 fully saturated rings. The Morgan fingerprint density at radius 1 is 0.967 bits per heavy atom. The molecule has 4 rings (SSSR count). The van der Waals surface area contributed by atoms with Crippen molar-refractivity contribution >= 4 is 29.0 Å². The first-order chi connectivity index (χ1) is 14.6. The third-order valence-corrected chi connectivity index (χ3v) is 5.16. The van der Waals surface area contributed by atoms with E-state index in [1.165, 1.54) is 0 Å². The van der Waals surface area contributed by atoms with E-state index < -0.39 is 0 Å². The van der Waals surface area contributed by atoms with Gasteiger partial charge in [-0.25, -0.2) is 0 Å². The quantitative estimate of drug-likeness (QED) is 0.739. The van der Waals surface area contributed by atoms with Crippen molar-refractivity contribution in [3.63, 3.8) is 0 Å². The van der Waals surface area contributed by atoms with Crippen LogP contribution in [0.4, 0.5) is 11.4 Å². The normalized spacial score (nSPS) is 15.6. The Morgan fingerprint density at radius 2 is 1.80 bits per heavy atom. The molecule has 2 aliphatic rings. The van der Waals surface area contributed by atoms with Crippen LogP contribution in [0, 0.1) is 0 Å². The maximum atomic E-state index is 12.5. The summed E-state index contributed by atoms with van der Waals surface area (Å²) in [7, 11) is 0. The van der Waals surface area contributed by atoms with E-state index >= 15 is 0 Å². The maximum Gasteiger partial charge on any atom is 0.227 e. The maximum absolute atomic E-state index is 12.5. The molecule has 1 N–H and O–H groups in total. The Bertz CT molecular complexity index is 972. The number of Topliss-reactive ketones (excluding diaryl/α,β-unsaturated/α-hetero) is 1. The number of ketones is 1. The van der Waals surface area contributed by atoms with Gasteiger partial charge in [-0.05, 0) is 42.8 Å². The van der Waals surface area contributed by atoms with Crippen molar-refractivity contribution in [2.45, 2.75) is 32.1 Å². The number of carbonyl (C=O) groups is 3. The third-order valence-electron chi connectivity index (χ3n) is 5.16. The van der Waals surface area contributed by atoms with Gasteiger partial charge in [0.05, 0.1) is 13.2 Å². The Kier molecular flexibility index (Phi) is 5.97. The lowest BCUT2D eigenvalue weighted by Gasteiger charge is -2.16. The van der Waals surface area contributed by atoms with Crippen LogP contribution >= 0.6 is 0 Å². The van der Waals surface area contributed by atoms with E-state index in [0.29, 0.717) is 48.9 Å². The smallest absolute Gasteiger partial charge is 0.227 e. The zero-order chi connectivity index (χ0) is 20.9. The molecule has 0 bridgehead atoms. The van der Waals surface area contributed by atoms with Crippen LogP contribution in [-0.4, -0.2) is 37.4 Å². The van der Waals surface area contributed by atoms with Crippen LogP contribution in [0.25, 0.3) is 0 Å². The molecule has 7 heteroatoms. The van der Waals surface area contributed by atoms with E-state index in [2.05, 4.69) is 5.32 Å². The number of anilines is 2. The molecule has 2 aliphatic heterocycles. The van der Waals surface area contributed by atoms with E-state index in [1.807, 2.05) is 6.07 Å². The van der Waals surface area contributed by atoms with Crippen LogP contribution in [0.3, 0.4) is 0 Å². The summed E-state index contributed by atoms with van der Waals surface area (Å²) in [6.45, 7) is 1.84. The highest BCUT2D eigenvalue weighted by atomic mass is 16.5. The first kappa shape index (κ1) is 19.9. The fraction of sp³-hybridized carbons (Fsp3) is 0.348. The molecule has 2 aromatic rings. The largest absolute Gasteiger partial charge is 0.490 e. The predicted molar refractivity (Wildman–Crippen MR) is 112 cm³/mol. The number of hydrogen-bond donors (Lipinski definition) is 1. The van der Waals surface area contributed by atoms with Gasteiger partial charge in [0, 0.05) is 49.2 Å². The summed E-state index contributed by atoms with van der Waals surface area (Å²) in [6.07, 6.45) is 2.36. The number of nitrogens with zero attached hydrogens (tertiary/aromatic N) is 1. The van der Waals surface area contributed by atoms with Crippen LogP contribution in [0.15, 0.2) is 42.5 Å². The molecule has 2 heterocycles. The first-order valence-corrected chi connectivity index (χ1v) is 10.2. The second-order valence-electron chi connectivity index (χ2n) is 7.38. The molecule has 0 radical (unpaired) electrons. The average Bonchev–Trinajstić information content (AvgIpc) is 3.04. The van der Waals surface area contributed by atoms with Crippen LogP contribution < -0.4 is 19.7 Å². The van der Waals surface area contributed by atoms with E-state index in [-0.39, 0.29) is 30.4 Å².